The lowest BCUT2D eigenvalue weighted by molar-refractivity contribution is -0.155. The van der Waals surface area contributed by atoms with E-state index in [0.717, 1.165) is 6.42 Å². The monoisotopic (exact) mass is 465 g/mol. The highest BCUT2D eigenvalue weighted by molar-refractivity contribution is 7.52. The van der Waals surface area contributed by atoms with Gasteiger partial charge < -0.3 is 14.4 Å². The third-order valence-electron chi connectivity index (χ3n) is 5.90. The Morgan fingerprint density at radius 1 is 1.22 bits per heavy atom. The molecule has 1 N–H and O–H groups in total. The number of carbonyl (C=O) groups is 2. The molecule has 0 amide bonds. The van der Waals surface area contributed by atoms with Crippen molar-refractivity contribution in [2.24, 2.45) is 4.99 Å². The van der Waals surface area contributed by atoms with Gasteiger partial charge in [0.05, 0.1) is 36.0 Å². The molecule has 2 saturated heterocycles. The number of esters is 1. The van der Waals surface area contributed by atoms with Crippen LogP contribution in [0.25, 0.3) is 0 Å². The van der Waals surface area contributed by atoms with Gasteiger partial charge in [0.1, 0.15) is 30.0 Å². The van der Waals surface area contributed by atoms with Crippen LogP contribution in [0.4, 0.5) is 5.69 Å². The van der Waals surface area contributed by atoms with Gasteiger partial charge in [-0.2, -0.15) is 0 Å². The predicted molar refractivity (Wildman–Crippen MR) is 114 cm³/mol. The summed E-state index contributed by atoms with van der Waals surface area (Å²) in [5.41, 5.74) is 1.68. The van der Waals surface area contributed by atoms with E-state index < -0.39 is 43.9 Å². The molecule has 174 valence electrons. The maximum absolute atomic E-state index is 12.3. The first-order chi connectivity index (χ1) is 15.3. The van der Waals surface area contributed by atoms with Gasteiger partial charge >= 0.3 is 13.6 Å². The zero-order valence-electron chi connectivity index (χ0n) is 18.2. The SMILES string of the molecule is CCCC(=O)Cc1ncnc2c1N=CC2[C@@H]1OC2CCP(=O)(O)O[C@H]2[C@H]1OC(=O)CCC. The number of rotatable bonds is 8. The van der Waals surface area contributed by atoms with Crippen LogP contribution in [0, 0.1) is 0 Å². The summed E-state index contributed by atoms with van der Waals surface area (Å²) in [6.45, 7) is 3.81. The molecule has 2 fully saturated rings. The molecule has 3 aliphatic rings. The summed E-state index contributed by atoms with van der Waals surface area (Å²) in [7, 11) is -3.78. The molecule has 4 heterocycles. The summed E-state index contributed by atoms with van der Waals surface area (Å²) in [6.07, 6.45) is 2.74. The Labute approximate surface area is 186 Å². The molecule has 3 unspecified atom stereocenters. The van der Waals surface area contributed by atoms with E-state index in [1.807, 2.05) is 13.8 Å². The van der Waals surface area contributed by atoms with Crippen molar-refractivity contribution in [1.82, 2.24) is 9.97 Å². The van der Waals surface area contributed by atoms with Crippen molar-refractivity contribution in [3.8, 4) is 0 Å². The van der Waals surface area contributed by atoms with Gasteiger partial charge in [0.25, 0.3) is 0 Å². The van der Waals surface area contributed by atoms with Crippen molar-refractivity contribution in [2.75, 3.05) is 6.16 Å². The first-order valence-corrected chi connectivity index (χ1v) is 12.8. The first kappa shape index (κ1) is 23.2. The maximum atomic E-state index is 12.3. The van der Waals surface area contributed by atoms with E-state index in [2.05, 4.69) is 15.0 Å². The van der Waals surface area contributed by atoms with Crippen LogP contribution in [0.2, 0.25) is 0 Å². The average molecular weight is 465 g/mol. The van der Waals surface area contributed by atoms with E-state index in [0.29, 0.717) is 36.3 Å². The zero-order chi connectivity index (χ0) is 22.9. The van der Waals surface area contributed by atoms with Crippen LogP contribution < -0.4 is 0 Å². The van der Waals surface area contributed by atoms with Crippen LogP contribution in [-0.2, 0) is 34.6 Å². The highest BCUT2D eigenvalue weighted by Crippen LogP contribution is 2.53. The summed E-state index contributed by atoms with van der Waals surface area (Å²) in [4.78, 5) is 47.6. The molecule has 3 aliphatic heterocycles. The Morgan fingerprint density at radius 3 is 2.75 bits per heavy atom. The number of hydrogen-bond donors (Lipinski definition) is 1. The molecule has 1 aromatic heterocycles. The topological polar surface area (TPSA) is 137 Å². The number of ketones is 1. The third-order valence-corrected chi connectivity index (χ3v) is 7.30. The molecular formula is C21H28N3O7P. The number of aliphatic imine (C=N–C) groups is 1. The van der Waals surface area contributed by atoms with Gasteiger partial charge in [0.2, 0.25) is 0 Å². The molecule has 0 aromatic carbocycles. The molecule has 1 aromatic rings. The second-order valence-electron chi connectivity index (χ2n) is 8.39. The highest BCUT2D eigenvalue weighted by Gasteiger charge is 2.56. The largest absolute Gasteiger partial charge is 0.457 e. The highest BCUT2D eigenvalue weighted by atomic mass is 31.2. The van der Waals surface area contributed by atoms with Gasteiger partial charge in [-0.25, -0.2) is 9.97 Å². The molecule has 0 aliphatic carbocycles. The summed E-state index contributed by atoms with van der Waals surface area (Å²) < 4.78 is 29.6. The van der Waals surface area contributed by atoms with Gasteiger partial charge in [0.15, 0.2) is 6.10 Å². The Morgan fingerprint density at radius 2 is 2.00 bits per heavy atom. The molecule has 0 radical (unpaired) electrons. The fourth-order valence-electron chi connectivity index (χ4n) is 4.45. The number of nitrogens with zero attached hydrogens (tertiary/aromatic N) is 3. The minimum Gasteiger partial charge on any atom is -0.457 e. The van der Waals surface area contributed by atoms with Crippen LogP contribution in [0.1, 0.15) is 63.3 Å². The van der Waals surface area contributed by atoms with Crippen LogP contribution >= 0.6 is 7.60 Å². The van der Waals surface area contributed by atoms with Crippen molar-refractivity contribution < 1.29 is 33.0 Å². The van der Waals surface area contributed by atoms with Gasteiger partial charge in [0, 0.05) is 19.1 Å². The second-order valence-corrected chi connectivity index (χ2v) is 10.3. The molecule has 0 spiro atoms. The summed E-state index contributed by atoms with van der Waals surface area (Å²) in [5.74, 6) is -0.800. The van der Waals surface area contributed by atoms with Crippen LogP contribution in [0.15, 0.2) is 11.3 Å². The summed E-state index contributed by atoms with van der Waals surface area (Å²) >= 11 is 0. The lowest BCUT2D eigenvalue weighted by Crippen LogP contribution is -2.42. The predicted octanol–water partition coefficient (Wildman–Crippen LogP) is 2.64. The number of aromatic nitrogens is 2. The van der Waals surface area contributed by atoms with Crippen LogP contribution in [0.5, 0.6) is 0 Å². The Balaban J connectivity index is 1.61. The van der Waals surface area contributed by atoms with E-state index in [-0.39, 0.29) is 24.8 Å². The Kier molecular flexibility index (Phi) is 6.86. The summed E-state index contributed by atoms with van der Waals surface area (Å²) in [5, 5.41) is 0. The van der Waals surface area contributed by atoms with E-state index in [9.17, 15) is 19.0 Å². The molecule has 0 bridgehead atoms. The van der Waals surface area contributed by atoms with E-state index >= 15 is 0 Å². The lowest BCUT2D eigenvalue weighted by Gasteiger charge is -2.30. The quantitative estimate of drug-likeness (QED) is 0.454. The molecule has 4 rings (SSSR count). The fourth-order valence-corrected chi connectivity index (χ4v) is 5.77. The zero-order valence-corrected chi connectivity index (χ0v) is 19.1. The minimum absolute atomic E-state index is 0.0162. The molecule has 10 nitrogen and oxygen atoms in total. The fraction of sp³-hybridized carbons (Fsp3) is 0.667. The van der Waals surface area contributed by atoms with Gasteiger partial charge in [-0.1, -0.05) is 13.8 Å². The van der Waals surface area contributed by atoms with Crippen molar-refractivity contribution in [3.05, 3.63) is 17.7 Å². The summed E-state index contributed by atoms with van der Waals surface area (Å²) in [6, 6.07) is 0. The van der Waals surface area contributed by atoms with Crippen molar-refractivity contribution in [3.63, 3.8) is 0 Å². The Hall–Kier alpha value is -2.00. The van der Waals surface area contributed by atoms with Crippen molar-refractivity contribution in [2.45, 2.75) is 82.7 Å². The van der Waals surface area contributed by atoms with Gasteiger partial charge in [-0.15, -0.1) is 0 Å². The maximum Gasteiger partial charge on any atom is 0.328 e. The van der Waals surface area contributed by atoms with Crippen LogP contribution in [-0.4, -0.2) is 63.4 Å². The van der Waals surface area contributed by atoms with Crippen molar-refractivity contribution >= 4 is 31.3 Å². The van der Waals surface area contributed by atoms with E-state index in [4.69, 9.17) is 14.0 Å². The molecule has 32 heavy (non-hydrogen) atoms. The smallest absolute Gasteiger partial charge is 0.328 e. The average Bonchev–Trinajstić information content (AvgIpc) is 3.30. The number of hydrogen-bond acceptors (Lipinski definition) is 9. The molecule has 11 heteroatoms. The standard InChI is InChI=1S/C21H28N3O7P/c1-3-5-12(25)9-14-18-17(24-11-23-14)13(10-22-18)19-21(30-16(26)6-4-2)20-15(29-19)7-8-32(27,28)31-20/h10-11,13,15,19-21H,3-9H2,1-2H3,(H,27,28)/t13?,15?,19-,20+,21-/m0/s1. The molecule has 6 atom stereocenters. The van der Waals surface area contributed by atoms with Crippen LogP contribution in [0.3, 0.4) is 0 Å². The lowest BCUT2D eigenvalue weighted by atomic mass is 9.93. The first-order valence-electron chi connectivity index (χ1n) is 11.1. The van der Waals surface area contributed by atoms with Gasteiger partial charge in [-0.05, 0) is 19.3 Å². The minimum atomic E-state index is -3.78. The number of Topliss-reactive ketones (excluding diaryl/α,β-unsaturated/α-hetero) is 1. The van der Waals surface area contributed by atoms with E-state index in [1.165, 1.54) is 6.33 Å². The Bertz CT molecular complexity index is 969. The molecule has 0 saturated carbocycles. The van der Waals surface area contributed by atoms with Gasteiger partial charge in [-0.3, -0.25) is 23.7 Å². The number of ether oxygens (including phenoxy) is 2. The number of carbonyl (C=O) groups excluding carboxylic acids is 2. The normalized spacial score (nSPS) is 33.0. The van der Waals surface area contributed by atoms with E-state index in [1.54, 1.807) is 6.21 Å². The third kappa shape index (κ3) is 4.69. The number of fused-ring (bicyclic) bond motifs is 2. The second kappa shape index (κ2) is 9.47. The molecular weight excluding hydrogens is 437 g/mol. The van der Waals surface area contributed by atoms with Crippen molar-refractivity contribution in [1.29, 1.82) is 0 Å².